The van der Waals surface area contributed by atoms with Crippen LogP contribution in [0, 0.1) is 5.82 Å². The van der Waals surface area contributed by atoms with Crippen molar-refractivity contribution in [1.29, 1.82) is 0 Å². The molecule has 2 aromatic rings. The van der Waals surface area contributed by atoms with Crippen molar-refractivity contribution in [3.05, 3.63) is 59.8 Å². The Morgan fingerprint density at radius 1 is 1.21 bits per heavy atom. The van der Waals surface area contributed by atoms with Crippen molar-refractivity contribution in [2.45, 2.75) is 43.9 Å². The van der Waals surface area contributed by atoms with Crippen LogP contribution in [0.25, 0.3) is 0 Å². The summed E-state index contributed by atoms with van der Waals surface area (Å²) in [7, 11) is 0. The predicted octanol–water partition coefficient (Wildman–Crippen LogP) is 3.36. The Morgan fingerprint density at radius 2 is 1.96 bits per heavy atom. The van der Waals surface area contributed by atoms with Gasteiger partial charge in [0.1, 0.15) is 18.2 Å². The number of nitrogens with one attached hydrogen (secondary N) is 1. The highest BCUT2D eigenvalue weighted by Gasteiger charge is 2.35. The maximum atomic E-state index is 13.2. The third-order valence-corrected chi connectivity index (χ3v) is 4.66. The van der Waals surface area contributed by atoms with E-state index >= 15 is 0 Å². The molecule has 24 heavy (non-hydrogen) atoms. The summed E-state index contributed by atoms with van der Waals surface area (Å²) in [6.45, 7) is 1.04. The molecule has 0 spiro atoms. The Bertz CT molecular complexity index is 606. The van der Waals surface area contributed by atoms with E-state index in [0.29, 0.717) is 13.2 Å². The summed E-state index contributed by atoms with van der Waals surface area (Å²) in [5.74, 6) is 0.520. The van der Waals surface area contributed by atoms with Crippen LogP contribution in [0.2, 0.25) is 0 Å². The fourth-order valence-corrected chi connectivity index (χ4v) is 3.38. The number of hydrogen-bond donors (Lipinski definition) is 2. The van der Waals surface area contributed by atoms with Gasteiger partial charge in [0.25, 0.3) is 0 Å². The van der Waals surface area contributed by atoms with Gasteiger partial charge in [0.05, 0.1) is 19.0 Å². The van der Waals surface area contributed by atoms with E-state index in [-0.39, 0.29) is 18.0 Å². The molecule has 0 aliphatic heterocycles. The highest BCUT2D eigenvalue weighted by atomic mass is 19.1. The molecule has 1 aromatic carbocycles. The second-order valence-corrected chi connectivity index (χ2v) is 6.43. The van der Waals surface area contributed by atoms with Gasteiger partial charge < -0.3 is 19.6 Å². The van der Waals surface area contributed by atoms with Crippen molar-refractivity contribution in [2.24, 2.45) is 0 Å². The fourth-order valence-electron chi connectivity index (χ4n) is 3.38. The van der Waals surface area contributed by atoms with Crippen LogP contribution in [0.4, 0.5) is 4.39 Å². The molecule has 5 heteroatoms. The standard InChI is InChI=1S/C19H24FNO3/c20-16-7-5-15(6-8-16)19(9-1-2-10-19)21-12-17(22)13-23-14-18-4-3-11-24-18/h3-8,11,17,21-22H,1-2,9-10,12-14H2. The van der Waals surface area contributed by atoms with Gasteiger partial charge in [0.15, 0.2) is 0 Å². The normalized spacial score (nSPS) is 17.9. The van der Waals surface area contributed by atoms with E-state index in [9.17, 15) is 9.50 Å². The van der Waals surface area contributed by atoms with Crippen molar-refractivity contribution in [2.75, 3.05) is 13.2 Å². The van der Waals surface area contributed by atoms with E-state index < -0.39 is 6.10 Å². The lowest BCUT2D eigenvalue weighted by atomic mass is 9.88. The Kier molecular flexibility index (Phi) is 5.66. The molecule has 4 nitrogen and oxygen atoms in total. The quantitative estimate of drug-likeness (QED) is 0.778. The largest absolute Gasteiger partial charge is 0.467 e. The molecule has 0 radical (unpaired) electrons. The zero-order chi connectivity index (χ0) is 16.8. The lowest BCUT2D eigenvalue weighted by molar-refractivity contribution is 0.0188. The average molecular weight is 333 g/mol. The lowest BCUT2D eigenvalue weighted by Crippen LogP contribution is -2.44. The van der Waals surface area contributed by atoms with E-state index in [4.69, 9.17) is 9.15 Å². The number of aliphatic hydroxyl groups excluding tert-OH is 1. The van der Waals surface area contributed by atoms with Crippen LogP contribution in [0.5, 0.6) is 0 Å². The number of hydrogen-bond acceptors (Lipinski definition) is 4. The van der Waals surface area contributed by atoms with Crippen molar-refractivity contribution in [1.82, 2.24) is 5.32 Å². The highest BCUT2D eigenvalue weighted by Crippen LogP contribution is 2.38. The minimum atomic E-state index is -0.599. The summed E-state index contributed by atoms with van der Waals surface area (Å²) >= 11 is 0. The molecule has 0 saturated heterocycles. The average Bonchev–Trinajstić information content (AvgIpc) is 3.26. The van der Waals surface area contributed by atoms with Gasteiger partial charge in [-0.2, -0.15) is 0 Å². The third-order valence-electron chi connectivity index (χ3n) is 4.66. The molecule has 1 fully saturated rings. The maximum absolute atomic E-state index is 13.2. The Labute approximate surface area is 141 Å². The van der Waals surface area contributed by atoms with E-state index in [1.165, 1.54) is 12.1 Å². The molecule has 1 heterocycles. The molecule has 0 bridgehead atoms. The first-order chi connectivity index (χ1) is 11.7. The molecule has 1 aliphatic rings. The fraction of sp³-hybridized carbons (Fsp3) is 0.474. The van der Waals surface area contributed by atoms with Gasteiger partial charge in [-0.1, -0.05) is 25.0 Å². The van der Waals surface area contributed by atoms with Crippen LogP contribution in [0.3, 0.4) is 0 Å². The molecule has 1 unspecified atom stereocenters. The van der Waals surface area contributed by atoms with Crippen LogP contribution in [0.1, 0.15) is 37.0 Å². The zero-order valence-electron chi connectivity index (χ0n) is 13.7. The van der Waals surface area contributed by atoms with Crippen molar-refractivity contribution >= 4 is 0 Å². The van der Waals surface area contributed by atoms with E-state index in [2.05, 4.69) is 5.32 Å². The number of rotatable bonds is 8. The second-order valence-electron chi connectivity index (χ2n) is 6.43. The monoisotopic (exact) mass is 333 g/mol. The minimum Gasteiger partial charge on any atom is -0.467 e. The van der Waals surface area contributed by atoms with Crippen molar-refractivity contribution in [3.8, 4) is 0 Å². The molecular weight excluding hydrogens is 309 g/mol. The number of aliphatic hydroxyl groups is 1. The Morgan fingerprint density at radius 3 is 2.62 bits per heavy atom. The molecule has 1 atom stereocenters. The predicted molar refractivity (Wildman–Crippen MR) is 88.9 cm³/mol. The third kappa shape index (κ3) is 4.23. The first-order valence-corrected chi connectivity index (χ1v) is 8.47. The number of furan rings is 1. The SMILES string of the molecule is OC(CNC1(c2ccc(F)cc2)CCCC1)COCc1ccco1. The molecule has 130 valence electrons. The topological polar surface area (TPSA) is 54.6 Å². The van der Waals surface area contributed by atoms with Crippen LogP contribution in [-0.4, -0.2) is 24.4 Å². The molecule has 1 aromatic heterocycles. The van der Waals surface area contributed by atoms with Crippen LogP contribution in [-0.2, 0) is 16.9 Å². The number of ether oxygens (including phenoxy) is 1. The number of benzene rings is 1. The Balaban J connectivity index is 1.51. The lowest BCUT2D eigenvalue weighted by Gasteiger charge is -2.32. The van der Waals surface area contributed by atoms with E-state index in [0.717, 1.165) is 37.0 Å². The minimum absolute atomic E-state index is 0.171. The molecular formula is C19H24FNO3. The summed E-state index contributed by atoms with van der Waals surface area (Å²) in [5, 5.41) is 13.7. The van der Waals surface area contributed by atoms with E-state index in [1.807, 2.05) is 24.3 Å². The molecule has 3 rings (SSSR count). The van der Waals surface area contributed by atoms with Gasteiger partial charge in [-0.05, 0) is 42.7 Å². The summed E-state index contributed by atoms with van der Waals surface area (Å²) < 4.78 is 23.8. The van der Waals surface area contributed by atoms with Gasteiger partial charge >= 0.3 is 0 Å². The van der Waals surface area contributed by atoms with Gasteiger partial charge in [-0.3, -0.25) is 0 Å². The summed E-state index contributed by atoms with van der Waals surface area (Å²) in [4.78, 5) is 0. The van der Waals surface area contributed by atoms with Crippen molar-refractivity contribution in [3.63, 3.8) is 0 Å². The maximum Gasteiger partial charge on any atom is 0.129 e. The summed E-state index contributed by atoms with van der Waals surface area (Å²) in [6, 6.07) is 10.3. The molecule has 1 saturated carbocycles. The molecule has 0 amide bonds. The second kappa shape index (κ2) is 7.92. The molecule has 2 N–H and O–H groups in total. The van der Waals surface area contributed by atoms with Gasteiger partial charge in [-0.25, -0.2) is 4.39 Å². The highest BCUT2D eigenvalue weighted by molar-refractivity contribution is 5.26. The first-order valence-electron chi connectivity index (χ1n) is 8.47. The van der Waals surface area contributed by atoms with Crippen LogP contribution >= 0.6 is 0 Å². The zero-order valence-corrected chi connectivity index (χ0v) is 13.7. The molecule has 1 aliphatic carbocycles. The van der Waals surface area contributed by atoms with Gasteiger partial charge in [-0.15, -0.1) is 0 Å². The Hall–Kier alpha value is -1.69. The summed E-state index contributed by atoms with van der Waals surface area (Å²) in [6.07, 6.45) is 5.27. The summed E-state index contributed by atoms with van der Waals surface area (Å²) in [5.41, 5.74) is 0.917. The van der Waals surface area contributed by atoms with Crippen LogP contribution < -0.4 is 5.32 Å². The number of halogens is 1. The van der Waals surface area contributed by atoms with Gasteiger partial charge in [0, 0.05) is 12.1 Å². The van der Waals surface area contributed by atoms with Crippen molar-refractivity contribution < 1.29 is 18.7 Å². The van der Waals surface area contributed by atoms with Gasteiger partial charge in [0.2, 0.25) is 0 Å². The smallest absolute Gasteiger partial charge is 0.129 e. The van der Waals surface area contributed by atoms with Crippen LogP contribution in [0.15, 0.2) is 47.1 Å². The first kappa shape index (κ1) is 17.1. The van der Waals surface area contributed by atoms with E-state index in [1.54, 1.807) is 6.26 Å².